The predicted molar refractivity (Wildman–Crippen MR) is 151 cm³/mol. The summed E-state index contributed by atoms with van der Waals surface area (Å²) in [6.45, 7) is 5.43. The van der Waals surface area contributed by atoms with Gasteiger partial charge in [0.05, 0.1) is 12.0 Å². The molecule has 0 unspecified atom stereocenters. The fourth-order valence-electron chi connectivity index (χ4n) is 6.15. The zero-order valence-electron chi connectivity index (χ0n) is 22.5. The average Bonchev–Trinajstić information content (AvgIpc) is 3.62. The predicted octanol–water partition coefficient (Wildman–Crippen LogP) is 3.08. The molecule has 2 aliphatic heterocycles. The smallest absolute Gasteiger partial charge is 0.244 e. The highest BCUT2D eigenvalue weighted by molar-refractivity contribution is 6.18. The van der Waals surface area contributed by atoms with E-state index in [1.54, 1.807) is 13.0 Å². The van der Waals surface area contributed by atoms with E-state index >= 15 is 0 Å². The van der Waals surface area contributed by atoms with Crippen molar-refractivity contribution in [3.8, 4) is 5.82 Å². The number of para-hydroxylation sites is 2. The van der Waals surface area contributed by atoms with Crippen molar-refractivity contribution >= 4 is 46.1 Å². The number of aromatic amines is 1. The van der Waals surface area contributed by atoms with Crippen molar-refractivity contribution in [2.75, 3.05) is 22.1 Å². The molecule has 0 fully saturated rings. The van der Waals surface area contributed by atoms with Gasteiger partial charge in [-0.15, -0.1) is 0 Å². The van der Waals surface area contributed by atoms with Gasteiger partial charge in [0.15, 0.2) is 11.5 Å². The average molecular weight is 548 g/mol. The van der Waals surface area contributed by atoms with E-state index < -0.39 is 5.41 Å². The van der Waals surface area contributed by atoms with Crippen LogP contribution in [0.3, 0.4) is 0 Å². The lowest BCUT2D eigenvalue weighted by Gasteiger charge is -2.33. The first kappa shape index (κ1) is 24.6. The molecular weight excluding hydrogens is 522 g/mol. The van der Waals surface area contributed by atoms with E-state index in [0.29, 0.717) is 45.3 Å². The summed E-state index contributed by atoms with van der Waals surface area (Å²) in [5.41, 5.74) is 4.54. The third kappa shape index (κ3) is 3.50. The maximum atomic E-state index is 14.5. The summed E-state index contributed by atoms with van der Waals surface area (Å²) in [7, 11) is 0. The molecule has 2 aromatic carbocycles. The Kier molecular flexibility index (Phi) is 5.29. The minimum absolute atomic E-state index is 0.124. The Labute approximate surface area is 233 Å². The Hall–Kier alpha value is -5.39. The van der Waals surface area contributed by atoms with Crippen molar-refractivity contribution in [1.82, 2.24) is 29.7 Å². The first-order valence-electron chi connectivity index (χ1n) is 13.1. The van der Waals surface area contributed by atoms with Crippen LogP contribution in [0.1, 0.15) is 34.4 Å². The van der Waals surface area contributed by atoms with Crippen LogP contribution in [0.5, 0.6) is 0 Å². The van der Waals surface area contributed by atoms with E-state index in [2.05, 4.69) is 30.6 Å². The second kappa shape index (κ2) is 8.81. The number of imidazole rings is 1. The zero-order chi connectivity index (χ0) is 28.5. The Morgan fingerprint density at radius 3 is 2.61 bits per heavy atom. The van der Waals surface area contributed by atoms with Crippen LogP contribution in [0.4, 0.5) is 17.2 Å². The van der Waals surface area contributed by atoms with Gasteiger partial charge in [0.25, 0.3) is 0 Å². The number of benzene rings is 2. The molecule has 0 saturated carbocycles. The first-order valence-corrected chi connectivity index (χ1v) is 13.1. The molecule has 2 aliphatic rings. The van der Waals surface area contributed by atoms with Crippen molar-refractivity contribution in [2.45, 2.75) is 32.6 Å². The van der Waals surface area contributed by atoms with Crippen LogP contribution in [0, 0.1) is 20.8 Å². The molecule has 204 valence electrons. The van der Waals surface area contributed by atoms with Crippen molar-refractivity contribution in [1.29, 1.82) is 0 Å². The van der Waals surface area contributed by atoms with Crippen LogP contribution in [0.15, 0.2) is 55.1 Å². The van der Waals surface area contributed by atoms with Crippen LogP contribution in [0.25, 0.3) is 17.0 Å². The minimum atomic E-state index is -1.37. The minimum Gasteiger partial charge on any atom is -0.340 e. The molecule has 1 atom stereocenters. The first-order chi connectivity index (χ1) is 19.8. The lowest BCUT2D eigenvalue weighted by molar-refractivity contribution is -0.127. The van der Waals surface area contributed by atoms with Gasteiger partial charge in [-0.05, 0) is 43.5 Å². The number of anilines is 3. The number of aryl methyl sites for hydroxylation is 3. The van der Waals surface area contributed by atoms with Gasteiger partial charge >= 0.3 is 0 Å². The fraction of sp³-hybridized carbons (Fsp3) is 0.207. The highest BCUT2D eigenvalue weighted by Crippen LogP contribution is 2.53. The monoisotopic (exact) mass is 547 g/mol. The molecular formula is C29H25N9O3. The molecule has 0 saturated heterocycles. The van der Waals surface area contributed by atoms with Crippen molar-refractivity contribution < 1.29 is 14.4 Å². The van der Waals surface area contributed by atoms with Crippen LogP contribution >= 0.6 is 0 Å². The van der Waals surface area contributed by atoms with Gasteiger partial charge in [-0.2, -0.15) is 9.78 Å². The topological polar surface area (TPSA) is 151 Å². The van der Waals surface area contributed by atoms with Gasteiger partial charge in [-0.1, -0.05) is 36.4 Å². The molecule has 0 bridgehead atoms. The molecule has 41 heavy (non-hydrogen) atoms. The number of carbonyl (C=O) groups excluding carboxylic acids is 3. The van der Waals surface area contributed by atoms with Crippen LogP contribution in [-0.2, 0) is 19.8 Å². The van der Waals surface area contributed by atoms with Gasteiger partial charge in [0.2, 0.25) is 17.7 Å². The van der Waals surface area contributed by atoms with Gasteiger partial charge in [0, 0.05) is 23.4 Å². The summed E-state index contributed by atoms with van der Waals surface area (Å²) in [5, 5.41) is 10.6. The number of nitrogens with zero attached hydrogens (tertiary/aromatic N) is 6. The molecule has 12 heteroatoms. The molecule has 3 N–H and O–H groups in total. The van der Waals surface area contributed by atoms with Gasteiger partial charge in [0.1, 0.15) is 29.6 Å². The van der Waals surface area contributed by atoms with Crippen LogP contribution in [-0.4, -0.2) is 54.0 Å². The Morgan fingerprint density at radius 1 is 1.02 bits per heavy atom. The molecule has 12 nitrogen and oxygen atoms in total. The van der Waals surface area contributed by atoms with E-state index in [1.807, 2.05) is 50.2 Å². The summed E-state index contributed by atoms with van der Waals surface area (Å²) in [5.74, 6) is -0.309. The van der Waals surface area contributed by atoms with Crippen molar-refractivity contribution in [2.24, 2.45) is 0 Å². The molecule has 0 radical (unpaired) electrons. The molecule has 3 amide bonds. The zero-order valence-corrected chi connectivity index (χ0v) is 22.5. The van der Waals surface area contributed by atoms with E-state index in [4.69, 9.17) is 5.10 Å². The van der Waals surface area contributed by atoms with Gasteiger partial charge in [-0.3, -0.25) is 14.4 Å². The lowest BCUT2D eigenvalue weighted by atomic mass is 9.70. The summed E-state index contributed by atoms with van der Waals surface area (Å²) >= 11 is 0. The van der Waals surface area contributed by atoms with Crippen LogP contribution in [0.2, 0.25) is 0 Å². The van der Waals surface area contributed by atoms with Gasteiger partial charge < -0.3 is 20.5 Å². The molecule has 3 aromatic heterocycles. The number of aromatic nitrogens is 6. The fourth-order valence-corrected chi connectivity index (χ4v) is 6.15. The molecule has 0 aliphatic carbocycles. The third-order valence-electron chi connectivity index (χ3n) is 7.89. The lowest BCUT2D eigenvalue weighted by Crippen LogP contribution is -2.48. The summed E-state index contributed by atoms with van der Waals surface area (Å²) in [6, 6.07) is 13.1. The van der Waals surface area contributed by atoms with E-state index in [0.717, 1.165) is 16.8 Å². The number of amides is 3. The Bertz CT molecular complexity index is 1900. The number of carbonyl (C=O) groups is 3. The SMILES string of the molecule is Cc1cccc(C)c1NC(=O)CN1C(=O)[C@]2(CC(=O)Nc3c2c(C)nn3-c2ncnc3nc[nH]c23)c2ccccc21. The van der Waals surface area contributed by atoms with Gasteiger partial charge in [-0.25, -0.2) is 15.0 Å². The van der Waals surface area contributed by atoms with E-state index in [-0.39, 0.29) is 30.7 Å². The second-order valence-corrected chi connectivity index (χ2v) is 10.4. The number of nitrogens with one attached hydrogen (secondary N) is 3. The maximum Gasteiger partial charge on any atom is 0.244 e. The number of hydrogen-bond acceptors (Lipinski definition) is 7. The summed E-state index contributed by atoms with van der Waals surface area (Å²) in [6.07, 6.45) is 2.75. The van der Waals surface area contributed by atoms with E-state index in [1.165, 1.54) is 22.2 Å². The normalized spacial score (nSPS) is 17.6. The van der Waals surface area contributed by atoms with Crippen LogP contribution < -0.4 is 15.5 Å². The number of H-pyrrole nitrogens is 1. The Balaban J connectivity index is 1.35. The number of fused-ring (bicyclic) bond motifs is 5. The second-order valence-electron chi connectivity index (χ2n) is 10.4. The quantitative estimate of drug-likeness (QED) is 0.313. The molecule has 7 rings (SSSR count). The van der Waals surface area contributed by atoms with E-state index in [9.17, 15) is 14.4 Å². The largest absolute Gasteiger partial charge is 0.340 e. The summed E-state index contributed by atoms with van der Waals surface area (Å²) < 4.78 is 1.51. The third-order valence-corrected chi connectivity index (χ3v) is 7.89. The maximum absolute atomic E-state index is 14.5. The van der Waals surface area contributed by atoms with Crippen molar-refractivity contribution in [3.05, 3.63) is 83.1 Å². The highest BCUT2D eigenvalue weighted by atomic mass is 16.2. The molecule has 1 spiro atoms. The summed E-state index contributed by atoms with van der Waals surface area (Å²) in [4.78, 5) is 58.5. The standard InChI is InChI=1S/C29H25N9O3/c1-15-7-6-8-16(2)23(15)34-21(40)12-37-19-10-5-4-9-18(19)29(28(37)41)11-20(39)35-26-22(29)17(3)36-38(26)27-24-25(31-13-30-24)32-14-33-27/h4-10,13-14H,11-12H2,1-3H3,(H,34,40)(H,35,39)(H,30,31,32,33)/t29-/m1/s1. The van der Waals surface area contributed by atoms with Crippen molar-refractivity contribution in [3.63, 3.8) is 0 Å². The Morgan fingerprint density at radius 2 is 1.80 bits per heavy atom. The number of hydrogen-bond donors (Lipinski definition) is 3. The number of rotatable bonds is 4. The molecule has 5 heterocycles. The highest BCUT2D eigenvalue weighted by Gasteiger charge is 2.58. The molecule has 5 aromatic rings.